The van der Waals surface area contributed by atoms with Gasteiger partial charge in [0.25, 0.3) is 0 Å². The lowest BCUT2D eigenvalue weighted by Gasteiger charge is -2.35. The van der Waals surface area contributed by atoms with Gasteiger partial charge < -0.3 is 9.64 Å². The Balaban J connectivity index is 2.62. The third kappa shape index (κ3) is 4.94. The molecular formula is C10H23N5O3S. The Kier molecular flexibility index (Phi) is 5.98. The normalized spacial score (nSPS) is 20.4. The van der Waals surface area contributed by atoms with Gasteiger partial charge in [-0.25, -0.2) is 19.3 Å². The van der Waals surface area contributed by atoms with E-state index in [1.165, 1.54) is 10.6 Å². The standard InChI is InChI=1S/C10H23N5O3S/c1-9(8-18-2)12-10(13-11)14-4-6-15(7-5-14)19(3,16)17/h9H,4-8,11H2,1-3H3,(H,12,13). The predicted octanol–water partition coefficient (Wildman–Crippen LogP) is -1.58. The van der Waals surface area contributed by atoms with Crippen molar-refractivity contribution in [2.45, 2.75) is 13.0 Å². The van der Waals surface area contributed by atoms with Crippen LogP contribution < -0.4 is 11.3 Å². The molecule has 1 heterocycles. The van der Waals surface area contributed by atoms with Crippen molar-refractivity contribution < 1.29 is 13.2 Å². The first kappa shape index (κ1) is 16.2. The van der Waals surface area contributed by atoms with Gasteiger partial charge in [0.05, 0.1) is 18.9 Å². The number of nitrogens with two attached hydrogens (primary N) is 1. The van der Waals surface area contributed by atoms with Gasteiger partial charge in [-0.2, -0.15) is 4.31 Å². The van der Waals surface area contributed by atoms with Crippen LogP contribution >= 0.6 is 0 Å². The SMILES string of the molecule is COCC(C)N=C(NN)N1CCN(S(C)(=O)=O)CC1. The van der Waals surface area contributed by atoms with E-state index >= 15 is 0 Å². The lowest BCUT2D eigenvalue weighted by molar-refractivity contribution is 0.184. The molecule has 0 amide bonds. The summed E-state index contributed by atoms with van der Waals surface area (Å²) in [6.45, 7) is 4.45. The number of hydrogen-bond donors (Lipinski definition) is 2. The van der Waals surface area contributed by atoms with Gasteiger partial charge >= 0.3 is 0 Å². The van der Waals surface area contributed by atoms with E-state index in [1.54, 1.807) is 7.11 Å². The van der Waals surface area contributed by atoms with Crippen molar-refractivity contribution in [2.24, 2.45) is 10.8 Å². The van der Waals surface area contributed by atoms with Crippen molar-refractivity contribution >= 4 is 16.0 Å². The molecule has 0 saturated carbocycles. The number of hydrogen-bond acceptors (Lipinski definition) is 5. The maximum absolute atomic E-state index is 11.4. The van der Waals surface area contributed by atoms with Crippen LogP contribution in [0.2, 0.25) is 0 Å². The molecule has 0 aromatic carbocycles. The van der Waals surface area contributed by atoms with Crippen molar-refractivity contribution in [3.05, 3.63) is 0 Å². The molecule has 1 fully saturated rings. The van der Waals surface area contributed by atoms with Crippen molar-refractivity contribution in [1.29, 1.82) is 0 Å². The number of aliphatic imine (C=N–C) groups is 1. The van der Waals surface area contributed by atoms with Gasteiger partial charge in [-0.15, -0.1) is 0 Å². The first-order chi connectivity index (χ1) is 8.88. The zero-order chi connectivity index (χ0) is 14.5. The van der Waals surface area contributed by atoms with Crippen LogP contribution in [0, 0.1) is 0 Å². The first-order valence-corrected chi connectivity index (χ1v) is 7.96. The van der Waals surface area contributed by atoms with Gasteiger partial charge in [-0.1, -0.05) is 0 Å². The molecule has 0 spiro atoms. The molecule has 0 bridgehead atoms. The summed E-state index contributed by atoms with van der Waals surface area (Å²) < 4.78 is 29.3. The van der Waals surface area contributed by atoms with Gasteiger partial charge in [-0.05, 0) is 6.92 Å². The van der Waals surface area contributed by atoms with E-state index in [9.17, 15) is 8.42 Å². The minimum atomic E-state index is -3.12. The average molecular weight is 293 g/mol. The Labute approximate surface area is 114 Å². The van der Waals surface area contributed by atoms with Crippen LogP contribution in [0.4, 0.5) is 0 Å². The molecule has 112 valence electrons. The van der Waals surface area contributed by atoms with Crippen molar-refractivity contribution in [3.8, 4) is 0 Å². The zero-order valence-electron chi connectivity index (χ0n) is 11.7. The summed E-state index contributed by atoms with van der Waals surface area (Å²) in [7, 11) is -1.50. The summed E-state index contributed by atoms with van der Waals surface area (Å²) in [5.74, 6) is 6.04. The third-order valence-corrected chi connectivity index (χ3v) is 4.19. The molecule has 1 rings (SSSR count). The highest BCUT2D eigenvalue weighted by atomic mass is 32.2. The van der Waals surface area contributed by atoms with Crippen LogP contribution in [-0.4, -0.2) is 75.8 Å². The Bertz CT molecular complexity index is 403. The second-order valence-electron chi connectivity index (χ2n) is 4.55. The van der Waals surface area contributed by atoms with Crippen molar-refractivity contribution in [1.82, 2.24) is 14.6 Å². The van der Waals surface area contributed by atoms with Gasteiger partial charge in [0.2, 0.25) is 16.0 Å². The summed E-state index contributed by atoms with van der Waals surface area (Å²) >= 11 is 0. The Morgan fingerprint density at radius 3 is 2.42 bits per heavy atom. The van der Waals surface area contributed by atoms with E-state index in [0.29, 0.717) is 38.7 Å². The second-order valence-corrected chi connectivity index (χ2v) is 6.53. The number of methoxy groups -OCH3 is 1. The molecule has 3 N–H and O–H groups in total. The number of nitrogens with one attached hydrogen (secondary N) is 1. The number of hydrazine groups is 1. The quantitative estimate of drug-likeness (QED) is 0.281. The topological polar surface area (TPSA) is 100 Å². The number of piperazine rings is 1. The van der Waals surface area contributed by atoms with Crippen molar-refractivity contribution in [2.75, 3.05) is 46.2 Å². The Morgan fingerprint density at radius 2 is 2.00 bits per heavy atom. The van der Waals surface area contributed by atoms with E-state index in [1.807, 2.05) is 11.8 Å². The summed E-state index contributed by atoms with van der Waals surface area (Å²) in [4.78, 5) is 6.35. The van der Waals surface area contributed by atoms with Gasteiger partial charge in [0.15, 0.2) is 0 Å². The Morgan fingerprint density at radius 1 is 1.42 bits per heavy atom. The maximum atomic E-state index is 11.4. The Hall–Kier alpha value is -0.900. The average Bonchev–Trinajstić information content (AvgIpc) is 2.35. The highest BCUT2D eigenvalue weighted by Gasteiger charge is 2.25. The fraction of sp³-hybridized carbons (Fsp3) is 0.900. The summed E-state index contributed by atoms with van der Waals surface area (Å²) in [6.07, 6.45) is 1.22. The predicted molar refractivity (Wildman–Crippen MR) is 74.1 cm³/mol. The molecule has 0 aromatic heterocycles. The van der Waals surface area contributed by atoms with Crippen LogP contribution in [0.5, 0.6) is 0 Å². The molecule has 0 radical (unpaired) electrons. The molecule has 1 saturated heterocycles. The molecule has 0 aliphatic carbocycles. The largest absolute Gasteiger partial charge is 0.382 e. The zero-order valence-corrected chi connectivity index (χ0v) is 12.5. The number of guanidine groups is 1. The molecule has 1 aliphatic rings. The lowest BCUT2D eigenvalue weighted by Crippen LogP contribution is -2.55. The fourth-order valence-corrected chi connectivity index (χ4v) is 2.76. The third-order valence-electron chi connectivity index (χ3n) is 2.89. The fourth-order valence-electron chi connectivity index (χ4n) is 1.93. The number of nitrogens with zero attached hydrogens (tertiary/aromatic N) is 3. The van der Waals surface area contributed by atoms with Crippen molar-refractivity contribution in [3.63, 3.8) is 0 Å². The molecule has 0 aromatic rings. The highest BCUT2D eigenvalue weighted by molar-refractivity contribution is 7.88. The van der Waals surface area contributed by atoms with Crippen LogP contribution in [0.3, 0.4) is 0 Å². The monoisotopic (exact) mass is 293 g/mol. The summed E-state index contributed by atoms with van der Waals surface area (Å²) in [5.41, 5.74) is 2.57. The van der Waals surface area contributed by atoms with Crippen LogP contribution in [0.1, 0.15) is 6.92 Å². The lowest BCUT2D eigenvalue weighted by atomic mass is 10.3. The first-order valence-electron chi connectivity index (χ1n) is 6.12. The smallest absolute Gasteiger partial charge is 0.211 e. The van der Waals surface area contributed by atoms with Crippen LogP contribution in [-0.2, 0) is 14.8 Å². The summed E-state index contributed by atoms with van der Waals surface area (Å²) in [5, 5.41) is 0. The highest BCUT2D eigenvalue weighted by Crippen LogP contribution is 2.06. The van der Waals surface area contributed by atoms with Crippen LogP contribution in [0.25, 0.3) is 0 Å². The number of sulfonamides is 1. The van der Waals surface area contributed by atoms with Gasteiger partial charge in [-0.3, -0.25) is 5.43 Å². The molecular weight excluding hydrogens is 270 g/mol. The van der Waals surface area contributed by atoms with Gasteiger partial charge in [0.1, 0.15) is 0 Å². The van der Waals surface area contributed by atoms with Crippen LogP contribution in [0.15, 0.2) is 4.99 Å². The van der Waals surface area contributed by atoms with Gasteiger partial charge in [0, 0.05) is 33.3 Å². The van der Waals surface area contributed by atoms with E-state index in [0.717, 1.165) is 0 Å². The van der Waals surface area contributed by atoms with E-state index in [-0.39, 0.29) is 6.04 Å². The minimum Gasteiger partial charge on any atom is -0.382 e. The number of ether oxygens (including phenoxy) is 1. The maximum Gasteiger partial charge on any atom is 0.211 e. The van der Waals surface area contributed by atoms with E-state index in [4.69, 9.17) is 10.6 Å². The van der Waals surface area contributed by atoms with E-state index < -0.39 is 10.0 Å². The molecule has 9 heteroatoms. The molecule has 1 aliphatic heterocycles. The summed E-state index contributed by atoms with van der Waals surface area (Å²) in [6, 6.07) is -0.0102. The molecule has 19 heavy (non-hydrogen) atoms. The molecule has 1 atom stereocenters. The molecule has 1 unspecified atom stereocenters. The van der Waals surface area contributed by atoms with E-state index in [2.05, 4.69) is 10.4 Å². The molecule has 8 nitrogen and oxygen atoms in total. The number of rotatable bonds is 4. The second kappa shape index (κ2) is 7.04. The minimum absolute atomic E-state index is 0.0102.